The van der Waals surface area contributed by atoms with Crippen LogP contribution < -0.4 is 4.74 Å². The second-order valence-corrected chi connectivity index (χ2v) is 2.90. The maximum atomic E-state index is 8.85. The average molecular weight is 196 g/mol. The van der Waals surface area contributed by atoms with Crippen molar-refractivity contribution in [1.29, 1.82) is 5.26 Å². The van der Waals surface area contributed by atoms with Crippen LogP contribution in [0.5, 0.6) is 11.5 Å². The van der Waals surface area contributed by atoms with Crippen molar-refractivity contribution in [2.45, 2.75) is 0 Å². The van der Waals surface area contributed by atoms with Crippen LogP contribution in [-0.2, 0) is 0 Å². The summed E-state index contributed by atoms with van der Waals surface area (Å²) in [5, 5.41) is 8.85. The zero-order chi connectivity index (χ0) is 10.5. The van der Waals surface area contributed by atoms with Gasteiger partial charge >= 0.3 is 0 Å². The minimum Gasteiger partial charge on any atom is -0.454 e. The smallest absolute Gasteiger partial charge is 0.145 e. The fraction of sp³-hybridized carbons (Fsp3) is 0. The topological polar surface area (TPSA) is 45.9 Å². The molecule has 2 rings (SSSR count). The molecular formula is C12H8N2O. The number of hydrogen-bond acceptors (Lipinski definition) is 3. The number of rotatable bonds is 2. The normalized spacial score (nSPS) is 9.27. The molecule has 0 atom stereocenters. The highest BCUT2D eigenvalue weighted by molar-refractivity contribution is 5.44. The van der Waals surface area contributed by atoms with E-state index in [9.17, 15) is 0 Å². The van der Waals surface area contributed by atoms with E-state index in [1.165, 1.54) is 0 Å². The molecule has 0 bridgehead atoms. The van der Waals surface area contributed by atoms with E-state index in [0.717, 1.165) is 0 Å². The first-order valence-corrected chi connectivity index (χ1v) is 4.47. The molecule has 0 saturated heterocycles. The summed E-state index contributed by atoms with van der Waals surface area (Å²) in [6.45, 7) is 0. The van der Waals surface area contributed by atoms with Crippen LogP contribution in [0.25, 0.3) is 0 Å². The van der Waals surface area contributed by atoms with Gasteiger partial charge in [0.1, 0.15) is 17.6 Å². The molecule has 0 radical (unpaired) electrons. The number of aromatic nitrogens is 1. The van der Waals surface area contributed by atoms with Crippen LogP contribution in [0.2, 0.25) is 0 Å². The second-order valence-electron chi connectivity index (χ2n) is 2.90. The molecule has 0 N–H and O–H groups in total. The van der Waals surface area contributed by atoms with Crippen LogP contribution in [0, 0.1) is 11.3 Å². The highest BCUT2D eigenvalue weighted by Crippen LogP contribution is 2.23. The lowest BCUT2D eigenvalue weighted by Crippen LogP contribution is -1.87. The molecule has 0 aliphatic carbocycles. The van der Waals surface area contributed by atoms with E-state index in [4.69, 9.17) is 10.00 Å². The van der Waals surface area contributed by atoms with Gasteiger partial charge in [-0.1, -0.05) is 12.1 Å². The Kier molecular flexibility index (Phi) is 2.61. The van der Waals surface area contributed by atoms with Crippen molar-refractivity contribution in [3.05, 3.63) is 54.4 Å². The van der Waals surface area contributed by atoms with Gasteiger partial charge in [-0.2, -0.15) is 5.26 Å². The second kappa shape index (κ2) is 4.25. The van der Waals surface area contributed by atoms with Crippen LogP contribution in [0.1, 0.15) is 5.56 Å². The molecule has 1 aromatic heterocycles. The Hall–Kier alpha value is -2.34. The van der Waals surface area contributed by atoms with Gasteiger partial charge in [0, 0.05) is 6.20 Å². The molecular weight excluding hydrogens is 188 g/mol. The molecule has 3 heteroatoms. The van der Waals surface area contributed by atoms with Gasteiger partial charge in [0.15, 0.2) is 0 Å². The molecule has 1 heterocycles. The molecule has 15 heavy (non-hydrogen) atoms. The Morgan fingerprint density at radius 2 is 2.00 bits per heavy atom. The monoisotopic (exact) mass is 196 g/mol. The molecule has 0 fully saturated rings. The quantitative estimate of drug-likeness (QED) is 0.741. The minimum absolute atomic E-state index is 0.515. The van der Waals surface area contributed by atoms with Crippen LogP contribution in [0.3, 0.4) is 0 Å². The summed E-state index contributed by atoms with van der Waals surface area (Å²) in [6, 6.07) is 12.7. The van der Waals surface area contributed by atoms with Crippen molar-refractivity contribution in [2.75, 3.05) is 0 Å². The van der Waals surface area contributed by atoms with E-state index in [0.29, 0.717) is 17.1 Å². The third kappa shape index (κ3) is 2.12. The van der Waals surface area contributed by atoms with Crippen molar-refractivity contribution in [1.82, 2.24) is 4.98 Å². The number of para-hydroxylation sites is 1. The van der Waals surface area contributed by atoms with Gasteiger partial charge < -0.3 is 4.74 Å². The predicted molar refractivity (Wildman–Crippen MR) is 55.5 cm³/mol. The Morgan fingerprint density at radius 3 is 2.73 bits per heavy atom. The summed E-state index contributed by atoms with van der Waals surface area (Å²) in [6.07, 6.45) is 3.28. The molecule has 0 aliphatic rings. The summed E-state index contributed by atoms with van der Waals surface area (Å²) < 4.78 is 5.52. The number of hydrogen-bond donors (Lipinski definition) is 0. The highest BCUT2D eigenvalue weighted by Gasteiger charge is 2.02. The molecule has 0 spiro atoms. The first kappa shape index (κ1) is 9.22. The van der Waals surface area contributed by atoms with Gasteiger partial charge in [0.05, 0.1) is 11.8 Å². The highest BCUT2D eigenvalue weighted by atomic mass is 16.5. The molecule has 1 aromatic carbocycles. The standard InChI is InChI=1S/C12H8N2O/c13-8-10-4-1-2-6-12(10)15-11-5-3-7-14-9-11/h1-7,9H. The zero-order valence-corrected chi connectivity index (χ0v) is 7.92. The molecule has 0 amide bonds. The molecule has 0 unspecified atom stereocenters. The molecule has 0 aliphatic heterocycles. The predicted octanol–water partition coefficient (Wildman–Crippen LogP) is 2.75. The van der Waals surface area contributed by atoms with Crippen LogP contribution in [0.4, 0.5) is 0 Å². The third-order valence-electron chi connectivity index (χ3n) is 1.87. The molecule has 0 saturated carbocycles. The number of pyridine rings is 1. The number of ether oxygens (including phenoxy) is 1. The van der Waals surface area contributed by atoms with Gasteiger partial charge in [-0.25, -0.2) is 0 Å². The minimum atomic E-state index is 0.515. The number of nitrogens with zero attached hydrogens (tertiary/aromatic N) is 2. The van der Waals surface area contributed by atoms with E-state index >= 15 is 0 Å². The Balaban J connectivity index is 2.29. The van der Waals surface area contributed by atoms with Crippen molar-refractivity contribution < 1.29 is 4.74 Å². The lowest BCUT2D eigenvalue weighted by Gasteiger charge is -2.05. The van der Waals surface area contributed by atoms with Crippen LogP contribution in [0.15, 0.2) is 48.8 Å². The Bertz CT molecular complexity index is 488. The number of nitriles is 1. The van der Waals surface area contributed by atoms with E-state index in [2.05, 4.69) is 11.1 Å². The van der Waals surface area contributed by atoms with Crippen molar-refractivity contribution in [2.24, 2.45) is 0 Å². The molecule has 2 aromatic rings. The van der Waals surface area contributed by atoms with Crippen molar-refractivity contribution in [3.63, 3.8) is 0 Å². The first-order valence-electron chi connectivity index (χ1n) is 4.47. The Morgan fingerprint density at radius 1 is 1.13 bits per heavy atom. The van der Waals surface area contributed by atoms with Gasteiger partial charge in [0.2, 0.25) is 0 Å². The molecule has 3 nitrogen and oxygen atoms in total. The average Bonchev–Trinajstić information content (AvgIpc) is 2.31. The summed E-state index contributed by atoms with van der Waals surface area (Å²) in [5.74, 6) is 1.17. The van der Waals surface area contributed by atoms with Crippen molar-refractivity contribution in [3.8, 4) is 17.6 Å². The lowest BCUT2D eigenvalue weighted by molar-refractivity contribution is 0.479. The zero-order valence-electron chi connectivity index (χ0n) is 7.92. The fourth-order valence-corrected chi connectivity index (χ4v) is 1.18. The van der Waals surface area contributed by atoms with E-state index in [1.54, 1.807) is 42.7 Å². The van der Waals surface area contributed by atoms with Crippen molar-refractivity contribution >= 4 is 0 Å². The molecule has 72 valence electrons. The van der Waals surface area contributed by atoms with Crippen LogP contribution in [-0.4, -0.2) is 4.98 Å². The summed E-state index contributed by atoms with van der Waals surface area (Å²) in [5.41, 5.74) is 0.515. The van der Waals surface area contributed by atoms with Gasteiger partial charge in [0.25, 0.3) is 0 Å². The summed E-state index contributed by atoms with van der Waals surface area (Å²) >= 11 is 0. The first-order chi connectivity index (χ1) is 7.40. The fourth-order valence-electron chi connectivity index (χ4n) is 1.18. The summed E-state index contributed by atoms with van der Waals surface area (Å²) in [7, 11) is 0. The maximum absolute atomic E-state index is 8.85. The Labute approximate surface area is 87.6 Å². The van der Waals surface area contributed by atoms with Gasteiger partial charge in [-0.15, -0.1) is 0 Å². The van der Waals surface area contributed by atoms with E-state index in [1.807, 2.05) is 6.07 Å². The SMILES string of the molecule is N#Cc1ccccc1Oc1cccnc1. The third-order valence-corrected chi connectivity index (χ3v) is 1.87. The summed E-state index contributed by atoms with van der Waals surface area (Å²) in [4.78, 5) is 3.93. The lowest BCUT2D eigenvalue weighted by atomic mass is 10.2. The van der Waals surface area contributed by atoms with Gasteiger partial charge in [-0.3, -0.25) is 4.98 Å². The van der Waals surface area contributed by atoms with E-state index in [-0.39, 0.29) is 0 Å². The van der Waals surface area contributed by atoms with Crippen LogP contribution >= 0.6 is 0 Å². The number of benzene rings is 1. The largest absolute Gasteiger partial charge is 0.454 e. The van der Waals surface area contributed by atoms with Gasteiger partial charge in [-0.05, 0) is 24.3 Å². The maximum Gasteiger partial charge on any atom is 0.145 e. The van der Waals surface area contributed by atoms with E-state index < -0.39 is 0 Å².